The van der Waals surface area contributed by atoms with E-state index in [1.807, 2.05) is 0 Å². The molecule has 58 heavy (non-hydrogen) atoms. The molecule has 2 aliphatic heterocycles. The molecule has 0 aliphatic carbocycles. The standard InChI is InChI=1S/C54H34N2O2/c1-3-17-37(18-4-1)55(47-23-11-15-35-13-7-9-21-41(35)47)39-25-27-43-45-29-30-46-44-28-26-40(34-52(44)58-50-32-31-49(53(45)54(46)50)57-51(43)33-39)56(38-19-5-2-6-20-38)48-24-12-16-36-14-8-10-22-42(36)48/h1-34H. The Kier molecular flexibility index (Phi) is 7.20. The van der Waals surface area contributed by atoms with Gasteiger partial charge in [0.25, 0.3) is 0 Å². The van der Waals surface area contributed by atoms with E-state index in [1.165, 1.54) is 21.5 Å². The van der Waals surface area contributed by atoms with Crippen LogP contribution in [0, 0.1) is 0 Å². The molecule has 2 aliphatic rings. The van der Waals surface area contributed by atoms with Gasteiger partial charge in [-0.2, -0.15) is 0 Å². The van der Waals surface area contributed by atoms with Crippen molar-refractivity contribution in [2.75, 3.05) is 9.80 Å². The van der Waals surface area contributed by atoms with Crippen LogP contribution < -0.4 is 19.3 Å². The van der Waals surface area contributed by atoms with Crippen molar-refractivity contribution >= 4 is 66.4 Å². The first kappa shape index (κ1) is 32.4. The van der Waals surface area contributed by atoms with E-state index in [2.05, 4.69) is 216 Å². The Bertz CT molecular complexity index is 3020. The molecule has 0 radical (unpaired) electrons. The molecule has 4 heteroatoms. The predicted molar refractivity (Wildman–Crippen MR) is 239 cm³/mol. The summed E-state index contributed by atoms with van der Waals surface area (Å²) < 4.78 is 13.7. The number of benzene rings is 10. The second kappa shape index (κ2) is 12.9. The van der Waals surface area contributed by atoms with E-state index in [-0.39, 0.29) is 0 Å². The van der Waals surface area contributed by atoms with Crippen LogP contribution in [0.15, 0.2) is 206 Å². The molecule has 4 nitrogen and oxygen atoms in total. The summed E-state index contributed by atoms with van der Waals surface area (Å²) in [4.78, 5) is 4.64. The van der Waals surface area contributed by atoms with Crippen LogP contribution in [0.4, 0.5) is 34.1 Å². The molecular formula is C54H34N2O2. The molecule has 0 atom stereocenters. The van der Waals surface area contributed by atoms with Gasteiger partial charge < -0.3 is 19.3 Å². The number of ether oxygens (including phenoxy) is 2. The number of anilines is 6. The highest BCUT2D eigenvalue weighted by Gasteiger charge is 2.29. The van der Waals surface area contributed by atoms with Crippen molar-refractivity contribution in [3.8, 4) is 45.3 Å². The Morgan fingerprint density at radius 2 is 0.672 bits per heavy atom. The van der Waals surface area contributed by atoms with E-state index in [0.717, 1.165) is 90.1 Å². The molecule has 0 N–H and O–H groups in total. The number of para-hydroxylation sites is 2. The van der Waals surface area contributed by atoms with Crippen molar-refractivity contribution in [3.05, 3.63) is 206 Å². The summed E-state index contributed by atoms with van der Waals surface area (Å²) in [6.45, 7) is 0. The highest BCUT2D eigenvalue weighted by molar-refractivity contribution is 6.15. The largest absolute Gasteiger partial charge is 0.456 e. The van der Waals surface area contributed by atoms with Crippen LogP contribution in [0.5, 0.6) is 23.0 Å². The summed E-state index contributed by atoms with van der Waals surface area (Å²) >= 11 is 0. The number of hydrogen-bond donors (Lipinski definition) is 0. The molecular weight excluding hydrogens is 709 g/mol. The van der Waals surface area contributed by atoms with Crippen molar-refractivity contribution in [2.45, 2.75) is 0 Å². The highest BCUT2D eigenvalue weighted by Crippen LogP contribution is 2.56. The lowest BCUT2D eigenvalue weighted by molar-refractivity contribution is 0.475. The first-order valence-corrected chi connectivity index (χ1v) is 19.7. The molecule has 0 fully saturated rings. The van der Waals surface area contributed by atoms with E-state index in [1.54, 1.807) is 0 Å². The second-order valence-electron chi connectivity index (χ2n) is 14.9. The van der Waals surface area contributed by atoms with Crippen LogP contribution in [0.2, 0.25) is 0 Å². The van der Waals surface area contributed by atoms with Crippen molar-refractivity contribution in [1.82, 2.24) is 0 Å². The average Bonchev–Trinajstić information content (AvgIpc) is 3.29. The number of rotatable bonds is 6. The van der Waals surface area contributed by atoms with Gasteiger partial charge in [0.15, 0.2) is 0 Å². The molecule has 2 heterocycles. The molecule has 0 spiro atoms. The Morgan fingerprint density at radius 1 is 0.276 bits per heavy atom. The van der Waals surface area contributed by atoms with Crippen LogP contribution in [0.25, 0.3) is 54.6 Å². The maximum absolute atomic E-state index is 6.86. The van der Waals surface area contributed by atoms with Crippen LogP contribution in [0.1, 0.15) is 0 Å². The lowest BCUT2D eigenvalue weighted by atomic mass is 9.88. The molecule has 0 bridgehead atoms. The van der Waals surface area contributed by atoms with E-state index in [0.29, 0.717) is 0 Å². The summed E-state index contributed by atoms with van der Waals surface area (Å²) in [6, 6.07) is 73.0. The third-order valence-electron chi connectivity index (χ3n) is 11.6. The fraction of sp³-hybridized carbons (Fsp3) is 0. The normalized spacial score (nSPS) is 12.1. The van der Waals surface area contributed by atoms with Gasteiger partial charge in [0.1, 0.15) is 23.0 Å². The average molecular weight is 743 g/mol. The molecule has 0 saturated heterocycles. The minimum absolute atomic E-state index is 0.824. The lowest BCUT2D eigenvalue weighted by Crippen LogP contribution is -2.11. The smallest absolute Gasteiger partial charge is 0.137 e. The zero-order valence-electron chi connectivity index (χ0n) is 31.3. The van der Waals surface area contributed by atoms with E-state index in [9.17, 15) is 0 Å². The van der Waals surface area contributed by atoms with E-state index < -0.39 is 0 Å². The highest BCUT2D eigenvalue weighted by atomic mass is 16.5. The zero-order valence-corrected chi connectivity index (χ0v) is 31.3. The molecule has 10 aromatic carbocycles. The number of nitrogens with zero attached hydrogens (tertiary/aromatic N) is 2. The van der Waals surface area contributed by atoms with Gasteiger partial charge >= 0.3 is 0 Å². The summed E-state index contributed by atoms with van der Waals surface area (Å²) in [6.07, 6.45) is 0. The number of fused-ring (bicyclic) bond motifs is 6. The summed E-state index contributed by atoms with van der Waals surface area (Å²) in [5.74, 6) is 3.30. The van der Waals surface area contributed by atoms with Gasteiger partial charge in [-0.1, -0.05) is 121 Å². The van der Waals surface area contributed by atoms with Gasteiger partial charge in [0, 0.05) is 67.6 Å². The van der Waals surface area contributed by atoms with E-state index >= 15 is 0 Å². The van der Waals surface area contributed by atoms with Crippen molar-refractivity contribution in [2.24, 2.45) is 0 Å². The van der Waals surface area contributed by atoms with Crippen LogP contribution in [-0.4, -0.2) is 0 Å². The topological polar surface area (TPSA) is 24.9 Å². The minimum atomic E-state index is 0.824. The molecule has 0 unspecified atom stereocenters. The van der Waals surface area contributed by atoms with Crippen molar-refractivity contribution in [1.29, 1.82) is 0 Å². The molecule has 0 saturated carbocycles. The van der Waals surface area contributed by atoms with Crippen LogP contribution >= 0.6 is 0 Å². The van der Waals surface area contributed by atoms with Gasteiger partial charge in [-0.25, -0.2) is 0 Å². The monoisotopic (exact) mass is 742 g/mol. The van der Waals surface area contributed by atoms with Gasteiger partial charge in [-0.05, 0) is 94.7 Å². The molecule has 10 aromatic rings. The van der Waals surface area contributed by atoms with E-state index in [4.69, 9.17) is 9.47 Å². The summed E-state index contributed by atoms with van der Waals surface area (Å²) in [5.41, 5.74) is 10.8. The Labute approximate surface area is 336 Å². The summed E-state index contributed by atoms with van der Waals surface area (Å²) in [7, 11) is 0. The van der Waals surface area contributed by atoms with Gasteiger partial charge in [-0.15, -0.1) is 0 Å². The number of hydrogen-bond acceptors (Lipinski definition) is 4. The van der Waals surface area contributed by atoms with Crippen LogP contribution in [0.3, 0.4) is 0 Å². The fourth-order valence-electron chi connectivity index (χ4n) is 9.02. The van der Waals surface area contributed by atoms with Crippen molar-refractivity contribution in [3.63, 3.8) is 0 Å². The van der Waals surface area contributed by atoms with Gasteiger partial charge in [-0.3, -0.25) is 0 Å². The van der Waals surface area contributed by atoms with Gasteiger partial charge in [0.05, 0.1) is 11.4 Å². The van der Waals surface area contributed by atoms with Crippen LogP contribution in [-0.2, 0) is 0 Å². The molecule has 0 aromatic heterocycles. The maximum atomic E-state index is 6.86. The second-order valence-corrected chi connectivity index (χ2v) is 14.9. The molecule has 272 valence electrons. The Hall–Kier alpha value is -7.82. The first-order chi connectivity index (χ1) is 28.8. The Morgan fingerprint density at radius 3 is 1.14 bits per heavy atom. The maximum Gasteiger partial charge on any atom is 0.137 e. The SMILES string of the molecule is c1ccc(N(c2ccc3c(c2)Oc2ccc4c5c(ccc-3c25)-c2ccc(N(c3ccccc3)c3cccc5ccccc35)cc2O4)c2cccc3ccccc23)cc1. The summed E-state index contributed by atoms with van der Waals surface area (Å²) in [5, 5.41) is 6.90. The zero-order chi connectivity index (χ0) is 38.2. The Balaban J connectivity index is 0.968. The molecule has 12 rings (SSSR count). The fourth-order valence-corrected chi connectivity index (χ4v) is 9.02. The predicted octanol–water partition coefficient (Wildman–Crippen LogP) is 15.6. The van der Waals surface area contributed by atoms with Crippen molar-refractivity contribution < 1.29 is 9.47 Å². The van der Waals surface area contributed by atoms with Gasteiger partial charge in [0.2, 0.25) is 0 Å². The minimum Gasteiger partial charge on any atom is -0.456 e. The third-order valence-corrected chi connectivity index (χ3v) is 11.6. The third kappa shape index (κ3) is 5.02. The lowest BCUT2D eigenvalue weighted by Gasteiger charge is -2.31. The molecule has 0 amide bonds. The first-order valence-electron chi connectivity index (χ1n) is 19.7. The quantitative estimate of drug-likeness (QED) is 0.169.